The number of hydrogen-bond acceptors (Lipinski definition) is 4. The van der Waals surface area contributed by atoms with E-state index >= 15 is 0 Å². The van der Waals surface area contributed by atoms with Crippen molar-refractivity contribution in [3.63, 3.8) is 0 Å². The number of hydrogen-bond donors (Lipinski definition) is 0. The number of thioether (sulfide) groups is 1. The van der Waals surface area contributed by atoms with E-state index in [0.29, 0.717) is 0 Å². The van der Waals surface area contributed by atoms with Crippen LogP contribution in [0.3, 0.4) is 0 Å². The van der Waals surface area contributed by atoms with Gasteiger partial charge in [0, 0.05) is 38.0 Å². The average Bonchev–Trinajstić information content (AvgIpc) is 3.02. The fraction of sp³-hybridized carbons (Fsp3) is 0.600. The third-order valence-electron chi connectivity index (χ3n) is 4.16. The maximum Gasteiger partial charge on any atom is 0.142 e. The summed E-state index contributed by atoms with van der Waals surface area (Å²) in [5.74, 6) is 3.67. The predicted octanol–water partition coefficient (Wildman–Crippen LogP) is 2.32. The molecule has 0 spiro atoms. The van der Waals surface area contributed by atoms with E-state index in [1.54, 1.807) is 7.11 Å². The molecule has 1 aromatic rings. The lowest BCUT2D eigenvalue weighted by Crippen LogP contribution is -2.50. The lowest BCUT2D eigenvalue weighted by molar-refractivity contribution is 0.200. The monoisotopic (exact) mass is 278 g/mol. The first-order valence-electron chi connectivity index (χ1n) is 7.08. The Balaban J connectivity index is 1.63. The molecule has 2 saturated heterocycles. The summed E-state index contributed by atoms with van der Waals surface area (Å²) in [7, 11) is 1.75. The second kappa shape index (κ2) is 6.06. The Morgan fingerprint density at radius 3 is 2.63 bits per heavy atom. The molecule has 0 radical (unpaired) electrons. The molecule has 0 bridgehead atoms. The van der Waals surface area contributed by atoms with E-state index in [9.17, 15) is 0 Å². The van der Waals surface area contributed by atoms with Gasteiger partial charge in [0.2, 0.25) is 0 Å². The van der Waals surface area contributed by atoms with E-state index in [-0.39, 0.29) is 0 Å². The second-order valence-electron chi connectivity index (χ2n) is 5.21. The first-order valence-corrected chi connectivity index (χ1v) is 8.23. The molecular weight excluding hydrogens is 256 g/mol. The Morgan fingerprint density at radius 1 is 1.16 bits per heavy atom. The van der Waals surface area contributed by atoms with Crippen LogP contribution in [0.1, 0.15) is 6.42 Å². The molecule has 0 amide bonds. The summed E-state index contributed by atoms with van der Waals surface area (Å²) in [6, 6.07) is 9.17. The molecule has 2 aliphatic rings. The van der Waals surface area contributed by atoms with Gasteiger partial charge in [0.1, 0.15) is 5.75 Å². The molecule has 0 N–H and O–H groups in total. The Bertz CT molecular complexity index is 412. The molecular formula is C15H22N2OS. The standard InChI is InChI=1S/C15H22N2OS/c1-18-15-5-3-2-4-14(15)17-9-7-16(8-10-17)13-6-11-19-12-13/h2-5,13H,6-12H2,1H3. The van der Waals surface area contributed by atoms with E-state index < -0.39 is 0 Å². The van der Waals surface area contributed by atoms with Crippen molar-refractivity contribution in [2.45, 2.75) is 12.5 Å². The minimum Gasteiger partial charge on any atom is -0.495 e. The SMILES string of the molecule is COc1ccccc1N1CCN(C2CCSC2)CC1. The zero-order chi connectivity index (χ0) is 13.1. The third kappa shape index (κ3) is 2.84. The number of piperazine rings is 1. The topological polar surface area (TPSA) is 15.7 Å². The summed E-state index contributed by atoms with van der Waals surface area (Å²) in [6.07, 6.45) is 1.37. The van der Waals surface area contributed by atoms with Crippen molar-refractivity contribution >= 4 is 17.4 Å². The minimum absolute atomic E-state index is 0.824. The van der Waals surface area contributed by atoms with Crippen LogP contribution in [0, 0.1) is 0 Å². The zero-order valence-electron chi connectivity index (χ0n) is 11.5. The molecule has 1 unspecified atom stereocenters. The van der Waals surface area contributed by atoms with Crippen LogP contribution in [0.4, 0.5) is 5.69 Å². The largest absolute Gasteiger partial charge is 0.495 e. The third-order valence-corrected chi connectivity index (χ3v) is 5.31. The molecule has 1 aromatic carbocycles. The Kier molecular flexibility index (Phi) is 4.18. The summed E-state index contributed by atoms with van der Waals surface area (Å²) >= 11 is 2.10. The number of nitrogens with zero attached hydrogens (tertiary/aromatic N) is 2. The van der Waals surface area contributed by atoms with Crippen LogP contribution in [0.25, 0.3) is 0 Å². The zero-order valence-corrected chi connectivity index (χ0v) is 12.4. The smallest absolute Gasteiger partial charge is 0.142 e. The number of rotatable bonds is 3. The molecule has 4 heteroatoms. The summed E-state index contributed by atoms with van der Waals surface area (Å²) in [6.45, 7) is 4.59. The van der Waals surface area contributed by atoms with E-state index in [2.05, 4.69) is 39.8 Å². The normalized spacial score (nSPS) is 24.7. The predicted molar refractivity (Wildman–Crippen MR) is 82.5 cm³/mol. The molecule has 1 atom stereocenters. The van der Waals surface area contributed by atoms with Crippen molar-refractivity contribution in [3.8, 4) is 5.75 Å². The molecule has 0 aromatic heterocycles. The van der Waals surface area contributed by atoms with Gasteiger partial charge in [0.25, 0.3) is 0 Å². The number of anilines is 1. The molecule has 104 valence electrons. The van der Waals surface area contributed by atoms with Crippen LogP contribution in [0.5, 0.6) is 5.75 Å². The number of ether oxygens (including phenoxy) is 1. The van der Waals surface area contributed by atoms with Gasteiger partial charge in [-0.2, -0.15) is 11.8 Å². The maximum atomic E-state index is 5.47. The molecule has 0 saturated carbocycles. The van der Waals surface area contributed by atoms with Gasteiger partial charge in [-0.1, -0.05) is 12.1 Å². The first kappa shape index (κ1) is 13.1. The Morgan fingerprint density at radius 2 is 1.95 bits per heavy atom. The Labute approximate surface area is 119 Å². The van der Waals surface area contributed by atoms with E-state index in [1.165, 1.54) is 36.7 Å². The van der Waals surface area contributed by atoms with Crippen LogP contribution in [-0.4, -0.2) is 55.7 Å². The number of methoxy groups -OCH3 is 1. The molecule has 19 heavy (non-hydrogen) atoms. The van der Waals surface area contributed by atoms with Crippen LogP contribution in [0.2, 0.25) is 0 Å². The van der Waals surface area contributed by atoms with Crippen LogP contribution >= 0.6 is 11.8 Å². The molecule has 0 aliphatic carbocycles. The van der Waals surface area contributed by atoms with Crippen molar-refractivity contribution in [3.05, 3.63) is 24.3 Å². The summed E-state index contributed by atoms with van der Waals surface area (Å²) in [5.41, 5.74) is 1.24. The summed E-state index contributed by atoms with van der Waals surface area (Å²) in [4.78, 5) is 5.13. The van der Waals surface area contributed by atoms with Crippen molar-refractivity contribution in [1.29, 1.82) is 0 Å². The van der Waals surface area contributed by atoms with Gasteiger partial charge < -0.3 is 9.64 Å². The summed E-state index contributed by atoms with van der Waals surface area (Å²) in [5, 5.41) is 0. The molecule has 3 nitrogen and oxygen atoms in total. The second-order valence-corrected chi connectivity index (χ2v) is 6.36. The van der Waals surface area contributed by atoms with E-state index in [0.717, 1.165) is 24.9 Å². The number of benzene rings is 1. The first-order chi connectivity index (χ1) is 9.38. The summed E-state index contributed by atoms with van der Waals surface area (Å²) < 4.78 is 5.47. The van der Waals surface area contributed by atoms with Crippen LogP contribution in [0.15, 0.2) is 24.3 Å². The fourth-order valence-electron chi connectivity index (χ4n) is 3.03. The van der Waals surface area contributed by atoms with Crippen molar-refractivity contribution in [2.24, 2.45) is 0 Å². The minimum atomic E-state index is 0.824. The van der Waals surface area contributed by atoms with E-state index in [1.807, 2.05) is 6.07 Å². The van der Waals surface area contributed by atoms with Gasteiger partial charge in [-0.3, -0.25) is 4.90 Å². The highest BCUT2D eigenvalue weighted by Crippen LogP contribution is 2.29. The molecule has 2 heterocycles. The highest BCUT2D eigenvalue weighted by molar-refractivity contribution is 7.99. The Hall–Kier alpha value is -0.870. The van der Waals surface area contributed by atoms with Gasteiger partial charge in [-0.05, 0) is 24.3 Å². The van der Waals surface area contributed by atoms with Gasteiger partial charge in [-0.15, -0.1) is 0 Å². The van der Waals surface area contributed by atoms with Gasteiger partial charge >= 0.3 is 0 Å². The molecule has 3 rings (SSSR count). The lowest BCUT2D eigenvalue weighted by atomic mass is 10.1. The van der Waals surface area contributed by atoms with Crippen LogP contribution < -0.4 is 9.64 Å². The van der Waals surface area contributed by atoms with E-state index in [4.69, 9.17) is 4.74 Å². The molecule has 2 aliphatic heterocycles. The highest BCUT2D eigenvalue weighted by Gasteiger charge is 2.27. The van der Waals surface area contributed by atoms with Crippen molar-refractivity contribution < 1.29 is 4.74 Å². The number of para-hydroxylation sites is 2. The fourth-order valence-corrected chi connectivity index (χ4v) is 4.28. The van der Waals surface area contributed by atoms with Crippen molar-refractivity contribution in [2.75, 3.05) is 49.7 Å². The van der Waals surface area contributed by atoms with Crippen molar-refractivity contribution in [1.82, 2.24) is 4.90 Å². The maximum absolute atomic E-state index is 5.47. The molecule has 2 fully saturated rings. The lowest BCUT2D eigenvalue weighted by Gasteiger charge is -2.39. The van der Waals surface area contributed by atoms with Crippen LogP contribution in [-0.2, 0) is 0 Å². The highest BCUT2D eigenvalue weighted by atomic mass is 32.2. The van der Waals surface area contributed by atoms with Gasteiger partial charge in [-0.25, -0.2) is 0 Å². The average molecular weight is 278 g/mol. The van der Waals surface area contributed by atoms with Gasteiger partial charge in [0.05, 0.1) is 12.8 Å². The van der Waals surface area contributed by atoms with Gasteiger partial charge in [0.15, 0.2) is 0 Å². The quantitative estimate of drug-likeness (QED) is 0.843.